The van der Waals surface area contributed by atoms with Crippen molar-refractivity contribution in [3.8, 4) is 11.5 Å². The van der Waals surface area contributed by atoms with Crippen molar-refractivity contribution in [1.29, 1.82) is 0 Å². The van der Waals surface area contributed by atoms with Gasteiger partial charge in [0, 0.05) is 33.4 Å². The lowest BCUT2D eigenvalue weighted by Crippen LogP contribution is -2.45. The number of carbonyl (C=O) groups is 2. The molecule has 200 valence electrons. The Morgan fingerprint density at radius 3 is 2.25 bits per heavy atom. The smallest absolute Gasteiger partial charge is 0.493 e. The molecule has 2 heterocycles. The first-order chi connectivity index (χ1) is 16.6. The van der Waals surface area contributed by atoms with E-state index in [2.05, 4.69) is 23.8 Å². The van der Waals surface area contributed by atoms with Crippen molar-refractivity contribution in [1.82, 2.24) is 4.90 Å². The van der Waals surface area contributed by atoms with Crippen LogP contribution in [0.3, 0.4) is 0 Å². The monoisotopic (exact) mass is 552 g/mol. The Balaban J connectivity index is 2.01. The Morgan fingerprint density at radius 1 is 1.08 bits per heavy atom. The molecule has 0 N–H and O–H groups in total. The van der Waals surface area contributed by atoms with Crippen molar-refractivity contribution in [2.75, 3.05) is 32.5 Å². The van der Waals surface area contributed by atoms with Crippen LogP contribution in [-0.4, -0.2) is 72.3 Å². The van der Waals surface area contributed by atoms with Crippen LogP contribution >= 0.6 is 0 Å². The van der Waals surface area contributed by atoms with Crippen molar-refractivity contribution >= 4 is 35.7 Å². The maximum atomic E-state index is 13.5. The first-order valence-corrected chi connectivity index (χ1v) is 15.9. The van der Waals surface area contributed by atoms with E-state index in [9.17, 15) is 31.2 Å². The molecule has 10 nitrogen and oxygen atoms in total. The van der Waals surface area contributed by atoms with Crippen LogP contribution in [0, 0.1) is 0 Å². The minimum Gasteiger partial charge on any atom is -0.493 e. The van der Waals surface area contributed by atoms with E-state index in [1.54, 1.807) is 0 Å². The second-order valence-electron chi connectivity index (χ2n) is 9.35. The Labute approximate surface area is 207 Å². The highest BCUT2D eigenvalue weighted by Gasteiger charge is 2.51. The second kappa shape index (κ2) is 9.93. The lowest BCUT2D eigenvalue weighted by molar-refractivity contribution is -0.123. The summed E-state index contributed by atoms with van der Waals surface area (Å²) in [5.74, 6) is -1.74. The third-order valence-electron chi connectivity index (χ3n) is 5.54. The normalized spacial score (nSPS) is 18.4. The number of carbonyl (C=O) groups excluding carboxylic acids is 2. The van der Waals surface area contributed by atoms with Crippen molar-refractivity contribution in [3.05, 3.63) is 29.7 Å². The number of halogens is 3. The van der Waals surface area contributed by atoms with Gasteiger partial charge < -0.3 is 18.4 Å². The summed E-state index contributed by atoms with van der Waals surface area (Å²) in [4.78, 5) is 28.9. The molecule has 0 bridgehead atoms. The van der Waals surface area contributed by atoms with Gasteiger partial charge >= 0.3 is 15.6 Å². The minimum atomic E-state index is -5.98. The molecule has 0 spiro atoms. The van der Waals surface area contributed by atoms with Crippen LogP contribution in [-0.2, 0) is 23.8 Å². The first-order valence-electron chi connectivity index (χ1n) is 10.8. The van der Waals surface area contributed by atoms with E-state index in [0.717, 1.165) is 17.1 Å². The number of amides is 2. The maximum absolute atomic E-state index is 13.5. The van der Waals surface area contributed by atoms with E-state index in [-0.39, 0.29) is 29.5 Å². The highest BCUT2D eigenvalue weighted by atomic mass is 32.2. The zero-order valence-corrected chi connectivity index (χ0v) is 22.2. The fourth-order valence-corrected chi connectivity index (χ4v) is 4.85. The Bertz CT molecular complexity index is 1180. The molecule has 2 amide bonds. The fourth-order valence-electron chi connectivity index (χ4n) is 3.60. The summed E-state index contributed by atoms with van der Waals surface area (Å²) in [6.45, 7) is 6.55. The van der Waals surface area contributed by atoms with E-state index >= 15 is 0 Å². The van der Waals surface area contributed by atoms with Gasteiger partial charge in [0.05, 0.1) is 25.5 Å². The molecule has 1 atom stereocenters. The molecule has 0 fully saturated rings. The molecule has 0 saturated heterocycles. The zero-order valence-electron chi connectivity index (χ0n) is 20.3. The van der Waals surface area contributed by atoms with Crippen LogP contribution in [0.5, 0.6) is 11.5 Å². The summed E-state index contributed by atoms with van der Waals surface area (Å²) in [5, 5.41) is 0. The molecular weight excluding hydrogens is 525 g/mol. The summed E-state index contributed by atoms with van der Waals surface area (Å²) in [5.41, 5.74) is -5.54. The molecule has 0 aliphatic carbocycles. The number of fused-ring (bicyclic) bond motifs is 2. The average molecular weight is 553 g/mol. The molecule has 0 unspecified atom stereocenters. The van der Waals surface area contributed by atoms with Gasteiger partial charge in [-0.25, -0.2) is 0 Å². The molecular formula is C21H27F3N2O8SSi. The van der Waals surface area contributed by atoms with Gasteiger partial charge in [0.2, 0.25) is 0 Å². The Hall–Kier alpha value is -2.78. The summed E-state index contributed by atoms with van der Waals surface area (Å²) in [6, 6.07) is 2.22. The van der Waals surface area contributed by atoms with E-state index in [4.69, 9.17) is 14.2 Å². The highest BCUT2D eigenvalue weighted by Crippen LogP contribution is 2.41. The number of hydrogen-bond acceptors (Lipinski definition) is 8. The van der Waals surface area contributed by atoms with E-state index in [0.29, 0.717) is 6.61 Å². The standard InChI is InChI=1S/C21H27F3N2O8SSi/c1-31-17-9-14-15(10-18(17)32-2)26(12-33-6-7-36(3,4)5)20(28)16-8-13(11-25(16)19(14)27)34-35(29,30)21(22,23)24/h9-11,16H,6-8,12H2,1-5H3/t16-/m1/s1. The van der Waals surface area contributed by atoms with Gasteiger partial charge in [0.15, 0.2) is 11.5 Å². The molecule has 2 aliphatic heterocycles. The third-order valence-corrected chi connectivity index (χ3v) is 8.24. The van der Waals surface area contributed by atoms with Crippen LogP contribution in [0.25, 0.3) is 0 Å². The van der Waals surface area contributed by atoms with Crippen molar-refractivity contribution < 1.29 is 49.6 Å². The van der Waals surface area contributed by atoms with Gasteiger partial charge in [-0.3, -0.25) is 19.4 Å². The molecule has 1 aromatic rings. The predicted octanol–water partition coefficient (Wildman–Crippen LogP) is 3.28. The van der Waals surface area contributed by atoms with Crippen LogP contribution in [0.4, 0.5) is 18.9 Å². The molecule has 0 saturated carbocycles. The molecule has 0 radical (unpaired) electrons. The molecule has 1 aromatic carbocycles. The second-order valence-corrected chi connectivity index (χ2v) is 16.5. The number of alkyl halides is 3. The number of benzene rings is 1. The zero-order chi connectivity index (χ0) is 27.1. The minimum absolute atomic E-state index is 0.0199. The summed E-state index contributed by atoms with van der Waals surface area (Å²) in [7, 11) is -4.70. The number of nitrogens with zero attached hydrogens (tertiary/aromatic N) is 2. The van der Waals surface area contributed by atoms with Crippen molar-refractivity contribution in [2.45, 2.75) is 43.7 Å². The van der Waals surface area contributed by atoms with Crippen LogP contribution < -0.4 is 14.4 Å². The molecule has 15 heteroatoms. The number of rotatable bonds is 9. The van der Waals surface area contributed by atoms with Gasteiger partial charge in [-0.2, -0.15) is 21.6 Å². The number of ether oxygens (including phenoxy) is 3. The van der Waals surface area contributed by atoms with Gasteiger partial charge in [-0.05, 0) is 12.1 Å². The molecule has 36 heavy (non-hydrogen) atoms. The molecule has 0 aromatic heterocycles. The predicted molar refractivity (Wildman–Crippen MR) is 125 cm³/mol. The first kappa shape index (κ1) is 27.8. The SMILES string of the molecule is COc1cc2c(cc1OC)N(COCC[Si](C)(C)C)C(=O)[C@H]1CC(OS(=O)(=O)C(F)(F)F)=CN1C2=O. The quantitative estimate of drug-likeness (QED) is 0.199. The lowest BCUT2D eigenvalue weighted by Gasteiger charge is -2.26. The Kier molecular flexibility index (Phi) is 7.67. The van der Waals surface area contributed by atoms with Crippen LogP contribution in [0.15, 0.2) is 24.1 Å². The largest absolute Gasteiger partial charge is 0.534 e. The number of hydrogen-bond donors (Lipinski definition) is 0. The molecule has 2 aliphatic rings. The molecule has 3 rings (SSSR count). The Morgan fingerprint density at radius 2 is 1.69 bits per heavy atom. The topological polar surface area (TPSA) is 112 Å². The lowest BCUT2D eigenvalue weighted by atomic mass is 10.1. The summed E-state index contributed by atoms with van der Waals surface area (Å²) in [6.07, 6.45) is 0.220. The van der Waals surface area contributed by atoms with Crippen molar-refractivity contribution in [3.63, 3.8) is 0 Å². The fraction of sp³-hybridized carbons (Fsp3) is 0.524. The van der Waals surface area contributed by atoms with Crippen molar-refractivity contribution in [2.24, 2.45) is 0 Å². The van der Waals surface area contributed by atoms with Crippen LogP contribution in [0.1, 0.15) is 16.8 Å². The maximum Gasteiger partial charge on any atom is 0.534 e. The average Bonchev–Trinajstić information content (AvgIpc) is 3.16. The van der Waals surface area contributed by atoms with Crippen LogP contribution in [0.2, 0.25) is 25.7 Å². The number of anilines is 1. The summed E-state index contributed by atoms with van der Waals surface area (Å²) >= 11 is 0. The third kappa shape index (κ3) is 5.62. The van der Waals surface area contributed by atoms with E-state index in [1.165, 1.54) is 31.3 Å². The summed E-state index contributed by atoms with van der Waals surface area (Å²) < 4.78 is 81.9. The van der Waals surface area contributed by atoms with Gasteiger partial charge in [-0.15, -0.1) is 0 Å². The number of methoxy groups -OCH3 is 2. The highest BCUT2D eigenvalue weighted by molar-refractivity contribution is 7.87. The van der Waals surface area contributed by atoms with Gasteiger partial charge in [0.25, 0.3) is 11.8 Å². The van der Waals surface area contributed by atoms with Gasteiger partial charge in [0.1, 0.15) is 18.5 Å². The van der Waals surface area contributed by atoms with E-state index in [1.807, 2.05) is 0 Å². The van der Waals surface area contributed by atoms with E-state index < -0.39 is 53.7 Å². The van der Waals surface area contributed by atoms with Gasteiger partial charge in [-0.1, -0.05) is 19.6 Å².